The molecule has 0 aliphatic heterocycles. The lowest BCUT2D eigenvalue weighted by molar-refractivity contribution is 0.590. The zero-order chi connectivity index (χ0) is 49.2. The molecule has 3 aromatic heterocycles. The molecule has 0 aliphatic carbocycles. The van der Waals surface area contributed by atoms with Gasteiger partial charge in [-0.3, -0.25) is 0 Å². The molecule has 4 nitrogen and oxygen atoms in total. The van der Waals surface area contributed by atoms with Crippen molar-refractivity contribution >= 4 is 65.4 Å². The van der Waals surface area contributed by atoms with E-state index in [2.05, 4.69) is 259 Å². The minimum absolute atomic E-state index is 0.0794. The molecule has 0 radical (unpaired) electrons. The molecule has 0 atom stereocenters. The molecule has 0 aliphatic rings. The lowest BCUT2D eigenvalue weighted by atomic mass is 9.85. The molecule has 0 saturated carbocycles. The highest BCUT2D eigenvalue weighted by molar-refractivity contribution is 6.16. The summed E-state index contributed by atoms with van der Waals surface area (Å²) in [6, 6.07) is 66.0. The van der Waals surface area contributed by atoms with E-state index >= 15 is 0 Å². The smallest absolute Gasteiger partial charge is 0.104 e. The quantitative estimate of drug-likeness (QED) is 0.169. The van der Waals surface area contributed by atoms with Crippen LogP contribution in [-0.4, -0.2) is 13.7 Å². The van der Waals surface area contributed by atoms with E-state index in [1.54, 1.807) is 0 Å². The highest BCUT2D eigenvalue weighted by atomic mass is 15.1. The van der Waals surface area contributed by atoms with Gasteiger partial charge in [-0.15, -0.1) is 0 Å². The van der Waals surface area contributed by atoms with Gasteiger partial charge in [0.15, 0.2) is 0 Å². The van der Waals surface area contributed by atoms with E-state index in [-0.39, 0.29) is 10.8 Å². The maximum Gasteiger partial charge on any atom is 0.104 e. The molecule has 3 heterocycles. The number of aromatic nitrogens is 3. The molecule has 0 bridgehead atoms. The number of benzene rings is 9. The van der Waals surface area contributed by atoms with Crippen molar-refractivity contribution in [3.63, 3.8) is 0 Å². The molecule has 12 rings (SSSR count). The standard InChI is InChI=1S/C67H58N4/c1-40-21-27-55-48(33-40)49-34-41(2)22-28-56(49)69(55)63-54(39-68)64(70-57-29-23-42(3)35-50(57)51-36-43(4)24-30-58(51)70)62(45-19-15-12-16-20-45)65(61(63)44-17-13-11-14-18-44)71-59-31-25-46(66(5,6)7)37-52(59)53-38-47(67(8,9)10)26-32-60(53)71/h11-38H,1-10H3. The van der Waals surface area contributed by atoms with Crippen molar-refractivity contribution in [3.8, 4) is 45.4 Å². The Morgan fingerprint density at radius 3 is 0.915 bits per heavy atom. The fraction of sp³-hybridized carbons (Fsp3) is 0.179. The van der Waals surface area contributed by atoms with Crippen molar-refractivity contribution < 1.29 is 0 Å². The molecule has 4 heteroatoms. The maximum atomic E-state index is 12.5. The molecular weight excluding hydrogens is 861 g/mol. The molecule has 12 aromatic rings. The summed E-state index contributed by atoms with van der Waals surface area (Å²) in [6.07, 6.45) is 0. The Bertz CT molecular complexity index is 3830. The van der Waals surface area contributed by atoms with Crippen molar-refractivity contribution in [1.82, 2.24) is 13.7 Å². The monoisotopic (exact) mass is 918 g/mol. The normalized spacial score (nSPS) is 12.4. The third-order valence-electron chi connectivity index (χ3n) is 15.0. The number of rotatable bonds is 5. The highest BCUT2D eigenvalue weighted by Gasteiger charge is 2.34. The van der Waals surface area contributed by atoms with E-state index in [9.17, 15) is 5.26 Å². The van der Waals surface area contributed by atoms with Gasteiger partial charge in [0.05, 0.1) is 50.2 Å². The minimum atomic E-state index is -0.0794. The summed E-state index contributed by atoms with van der Waals surface area (Å²) in [4.78, 5) is 0. The average molecular weight is 919 g/mol. The Kier molecular flexibility index (Phi) is 9.91. The van der Waals surface area contributed by atoms with Crippen molar-refractivity contribution in [2.45, 2.75) is 80.1 Å². The van der Waals surface area contributed by atoms with Gasteiger partial charge < -0.3 is 13.7 Å². The van der Waals surface area contributed by atoms with Gasteiger partial charge in [0.1, 0.15) is 11.6 Å². The molecule has 0 N–H and O–H groups in total. The molecule has 0 saturated heterocycles. The summed E-state index contributed by atoms with van der Waals surface area (Å²) >= 11 is 0. The van der Waals surface area contributed by atoms with Crippen LogP contribution in [0.1, 0.15) is 80.5 Å². The van der Waals surface area contributed by atoms with E-state index in [1.807, 2.05) is 0 Å². The molecule has 0 unspecified atom stereocenters. The fourth-order valence-corrected chi connectivity index (χ4v) is 11.4. The number of nitriles is 1. The number of fused-ring (bicyclic) bond motifs is 9. The van der Waals surface area contributed by atoms with Crippen LogP contribution in [0.2, 0.25) is 0 Å². The SMILES string of the molecule is Cc1ccc2c(c1)c1cc(C)ccc1n2-c1c(C#N)c(-n2c3ccc(C)cc3c3cc(C)ccc32)c(-c2ccccc2)c(-n2c3ccc(C(C)(C)C)cc3c3cc(C(C)(C)C)ccc32)c1-c1ccccc1. The fourth-order valence-electron chi connectivity index (χ4n) is 11.4. The van der Waals surface area contributed by atoms with E-state index in [0.717, 1.165) is 94.0 Å². The molecule has 346 valence electrons. The second kappa shape index (κ2) is 16.0. The highest BCUT2D eigenvalue weighted by Crippen LogP contribution is 2.52. The van der Waals surface area contributed by atoms with Crippen LogP contribution in [0.5, 0.6) is 0 Å². The van der Waals surface area contributed by atoms with Gasteiger partial charge in [0.25, 0.3) is 0 Å². The molecule has 0 fully saturated rings. The third kappa shape index (κ3) is 6.85. The first-order chi connectivity index (χ1) is 34.1. The lowest BCUT2D eigenvalue weighted by Crippen LogP contribution is -2.14. The van der Waals surface area contributed by atoms with E-state index in [4.69, 9.17) is 0 Å². The van der Waals surface area contributed by atoms with Gasteiger partial charge in [0.2, 0.25) is 0 Å². The van der Waals surface area contributed by atoms with Crippen molar-refractivity contribution in [2.24, 2.45) is 0 Å². The molecular formula is C67H58N4. The van der Waals surface area contributed by atoms with E-state index in [0.29, 0.717) is 5.56 Å². The van der Waals surface area contributed by atoms with Gasteiger partial charge in [-0.25, -0.2) is 0 Å². The lowest BCUT2D eigenvalue weighted by Gasteiger charge is -2.29. The first-order valence-corrected chi connectivity index (χ1v) is 25.0. The van der Waals surface area contributed by atoms with Gasteiger partial charge in [-0.05, 0) is 134 Å². The Balaban J connectivity index is 1.43. The van der Waals surface area contributed by atoms with Gasteiger partial charge in [0, 0.05) is 43.4 Å². The van der Waals surface area contributed by atoms with E-state index < -0.39 is 0 Å². The van der Waals surface area contributed by atoms with E-state index in [1.165, 1.54) is 44.2 Å². The Labute approximate surface area is 416 Å². The number of hydrogen-bond donors (Lipinski definition) is 0. The molecule has 0 amide bonds. The van der Waals surface area contributed by atoms with Crippen molar-refractivity contribution in [2.75, 3.05) is 0 Å². The average Bonchev–Trinajstić information content (AvgIpc) is 3.96. The minimum Gasteiger partial charge on any atom is -0.308 e. The zero-order valence-corrected chi connectivity index (χ0v) is 42.5. The van der Waals surface area contributed by atoms with Crippen LogP contribution in [0.25, 0.3) is 105 Å². The summed E-state index contributed by atoms with van der Waals surface area (Å²) in [5, 5.41) is 19.5. The zero-order valence-electron chi connectivity index (χ0n) is 42.5. The van der Waals surface area contributed by atoms with Crippen LogP contribution in [0.3, 0.4) is 0 Å². The predicted octanol–water partition coefficient (Wildman–Crippen LogP) is 18.0. The van der Waals surface area contributed by atoms with Crippen LogP contribution in [0, 0.1) is 39.0 Å². The first kappa shape index (κ1) is 44.1. The van der Waals surface area contributed by atoms with Crippen LogP contribution < -0.4 is 0 Å². The van der Waals surface area contributed by atoms with Crippen LogP contribution in [0.15, 0.2) is 170 Å². The summed E-state index contributed by atoms with van der Waals surface area (Å²) in [6.45, 7) is 22.5. The third-order valence-corrected chi connectivity index (χ3v) is 15.0. The summed E-state index contributed by atoms with van der Waals surface area (Å²) in [5.74, 6) is 0. The Hall–Kier alpha value is -8.13. The Morgan fingerprint density at radius 2 is 0.620 bits per heavy atom. The largest absolute Gasteiger partial charge is 0.308 e. The predicted molar refractivity (Wildman–Crippen MR) is 301 cm³/mol. The van der Waals surface area contributed by atoms with Gasteiger partial charge in [-0.1, -0.05) is 161 Å². The van der Waals surface area contributed by atoms with Gasteiger partial charge >= 0.3 is 0 Å². The number of nitrogens with zero attached hydrogens (tertiary/aromatic N) is 4. The summed E-state index contributed by atoms with van der Waals surface area (Å²) in [7, 11) is 0. The molecule has 71 heavy (non-hydrogen) atoms. The number of hydrogen-bond acceptors (Lipinski definition) is 1. The van der Waals surface area contributed by atoms with Crippen molar-refractivity contribution in [3.05, 3.63) is 209 Å². The van der Waals surface area contributed by atoms with Gasteiger partial charge in [-0.2, -0.15) is 5.26 Å². The van der Waals surface area contributed by atoms with Crippen molar-refractivity contribution in [1.29, 1.82) is 5.26 Å². The van der Waals surface area contributed by atoms with Crippen LogP contribution in [-0.2, 0) is 10.8 Å². The summed E-state index contributed by atoms with van der Waals surface area (Å²) in [5.41, 5.74) is 20.9. The Morgan fingerprint density at radius 1 is 0.338 bits per heavy atom. The molecule has 9 aromatic carbocycles. The molecule has 0 spiro atoms. The second-order valence-electron chi connectivity index (χ2n) is 22.1. The van der Waals surface area contributed by atoms with Crippen LogP contribution in [0.4, 0.5) is 0 Å². The number of aryl methyl sites for hydroxylation is 4. The second-order valence-corrected chi connectivity index (χ2v) is 22.1. The summed E-state index contributed by atoms with van der Waals surface area (Å²) < 4.78 is 7.38. The van der Waals surface area contributed by atoms with Crippen LogP contribution >= 0.6 is 0 Å². The topological polar surface area (TPSA) is 38.6 Å². The maximum absolute atomic E-state index is 12.5. The first-order valence-electron chi connectivity index (χ1n) is 25.0.